The summed E-state index contributed by atoms with van der Waals surface area (Å²) < 4.78 is 0. The number of fused-ring (bicyclic) bond motifs is 5. The molecule has 0 aliphatic heterocycles. The molecule has 2 nitrogen and oxygen atoms in total. The molecule has 0 radical (unpaired) electrons. The zero-order chi connectivity index (χ0) is 22.8. The third kappa shape index (κ3) is 4.05. The molecule has 2 N–H and O–H groups in total. The molecule has 0 heterocycles. The van der Waals surface area contributed by atoms with Crippen molar-refractivity contribution in [2.24, 2.45) is 52.3 Å². The predicted molar refractivity (Wildman–Crippen MR) is 130 cm³/mol. The lowest BCUT2D eigenvalue weighted by Gasteiger charge is -2.62. The Kier molecular flexibility index (Phi) is 6.21. The lowest BCUT2D eigenvalue weighted by atomic mass is 9.43. The molecule has 4 fully saturated rings. The van der Waals surface area contributed by atoms with Gasteiger partial charge in [-0.25, -0.2) is 0 Å². The number of rotatable bonds is 5. The molecule has 4 rings (SSSR count). The maximum atomic E-state index is 10.8. The van der Waals surface area contributed by atoms with Gasteiger partial charge in [0.15, 0.2) is 0 Å². The van der Waals surface area contributed by atoms with Crippen LogP contribution in [0.5, 0.6) is 0 Å². The molecule has 0 bridgehead atoms. The van der Waals surface area contributed by atoms with Crippen LogP contribution in [-0.4, -0.2) is 21.4 Å². The van der Waals surface area contributed by atoms with Gasteiger partial charge in [-0.15, -0.1) is 0 Å². The normalized spacial score (nSPS) is 50.3. The van der Waals surface area contributed by atoms with Crippen LogP contribution < -0.4 is 0 Å². The van der Waals surface area contributed by atoms with Crippen molar-refractivity contribution in [1.82, 2.24) is 0 Å². The maximum Gasteiger partial charge on any atom is 0.0642 e. The summed E-state index contributed by atoms with van der Waals surface area (Å²) in [6, 6.07) is 0. The van der Waals surface area contributed by atoms with Crippen molar-refractivity contribution in [3.63, 3.8) is 0 Å². The zero-order valence-electron chi connectivity index (χ0n) is 21.7. The van der Waals surface area contributed by atoms with Crippen LogP contribution in [0, 0.1) is 52.3 Å². The van der Waals surface area contributed by atoms with Gasteiger partial charge in [0, 0.05) is 0 Å². The van der Waals surface area contributed by atoms with E-state index in [1.54, 1.807) is 0 Å². The molecule has 10 atom stereocenters. The average Bonchev–Trinajstić information content (AvgIpc) is 3.04. The van der Waals surface area contributed by atoms with Crippen molar-refractivity contribution in [1.29, 1.82) is 0 Å². The lowest BCUT2D eigenvalue weighted by molar-refractivity contribution is -0.148. The quantitative estimate of drug-likeness (QED) is 0.481. The van der Waals surface area contributed by atoms with Crippen molar-refractivity contribution >= 4 is 0 Å². The van der Waals surface area contributed by atoms with Crippen LogP contribution in [0.25, 0.3) is 0 Å². The van der Waals surface area contributed by atoms with E-state index in [4.69, 9.17) is 0 Å². The van der Waals surface area contributed by atoms with Crippen molar-refractivity contribution in [3.05, 3.63) is 0 Å². The van der Waals surface area contributed by atoms with Gasteiger partial charge < -0.3 is 10.2 Å². The Morgan fingerprint density at radius 2 is 1.55 bits per heavy atom. The fourth-order valence-electron chi connectivity index (χ4n) is 9.42. The standard InChI is InChI=1S/C29H52O2/c1-19(2)29(7,31)15-12-20(3)23-10-11-24-22-9-8-21-18-26(4,30)16-17-27(21,5)25(22)13-14-28(23,24)6/h19-25,30-31H,8-18H2,1-7H3/t20-,21-,22+,23-,24+,25?,26+,27+,28-,29-/m1/s1. The molecule has 0 aromatic heterocycles. The van der Waals surface area contributed by atoms with Crippen LogP contribution in [-0.2, 0) is 0 Å². The van der Waals surface area contributed by atoms with E-state index in [0.29, 0.717) is 22.7 Å². The van der Waals surface area contributed by atoms with Crippen molar-refractivity contribution in [3.8, 4) is 0 Å². The Morgan fingerprint density at radius 1 is 0.871 bits per heavy atom. The van der Waals surface area contributed by atoms with Crippen LogP contribution in [0.15, 0.2) is 0 Å². The van der Waals surface area contributed by atoms with E-state index >= 15 is 0 Å². The van der Waals surface area contributed by atoms with Gasteiger partial charge in [-0.2, -0.15) is 0 Å². The van der Waals surface area contributed by atoms with Gasteiger partial charge in [0.05, 0.1) is 11.2 Å². The average molecular weight is 433 g/mol. The summed E-state index contributed by atoms with van der Waals surface area (Å²) in [5.74, 6) is 5.32. The number of hydrogen-bond acceptors (Lipinski definition) is 2. The molecule has 180 valence electrons. The van der Waals surface area contributed by atoms with Gasteiger partial charge in [-0.3, -0.25) is 0 Å². The molecule has 0 aromatic carbocycles. The summed E-state index contributed by atoms with van der Waals surface area (Å²) in [5.41, 5.74) is 0.0189. The lowest BCUT2D eigenvalue weighted by Crippen LogP contribution is -2.55. The Labute approximate surface area is 193 Å². The smallest absolute Gasteiger partial charge is 0.0642 e. The Morgan fingerprint density at radius 3 is 2.23 bits per heavy atom. The summed E-state index contributed by atoms with van der Waals surface area (Å²) in [6.45, 7) is 16.2. The predicted octanol–water partition coefficient (Wildman–Crippen LogP) is 7.22. The second-order valence-corrected chi connectivity index (χ2v) is 14.1. The molecular weight excluding hydrogens is 380 g/mol. The molecule has 4 aliphatic rings. The highest BCUT2D eigenvalue weighted by Crippen LogP contribution is 2.68. The SMILES string of the molecule is CC(C)[C@](C)(O)CC[C@@H](C)[C@H]1CC[C@H]2[C@@H]3CC[C@@H]4C[C@@](C)(O)CC[C@]4(C)C3CC[C@]12C. The first-order valence-corrected chi connectivity index (χ1v) is 13.7. The van der Waals surface area contributed by atoms with Crippen LogP contribution in [0.2, 0.25) is 0 Å². The van der Waals surface area contributed by atoms with E-state index in [2.05, 4.69) is 41.5 Å². The highest BCUT2D eigenvalue weighted by atomic mass is 16.3. The molecule has 0 saturated heterocycles. The van der Waals surface area contributed by atoms with E-state index in [0.717, 1.165) is 48.9 Å². The highest BCUT2D eigenvalue weighted by molar-refractivity contribution is 5.10. The van der Waals surface area contributed by atoms with Crippen LogP contribution in [0.1, 0.15) is 119 Å². The Balaban J connectivity index is 1.47. The Hall–Kier alpha value is -0.0800. The first kappa shape index (κ1) is 24.1. The molecule has 0 aromatic rings. The molecule has 1 unspecified atom stereocenters. The first-order chi connectivity index (χ1) is 14.3. The van der Waals surface area contributed by atoms with Gasteiger partial charge in [0.1, 0.15) is 0 Å². The van der Waals surface area contributed by atoms with Gasteiger partial charge in [0.2, 0.25) is 0 Å². The first-order valence-electron chi connectivity index (χ1n) is 13.7. The van der Waals surface area contributed by atoms with Gasteiger partial charge in [-0.05, 0) is 137 Å². The summed E-state index contributed by atoms with van der Waals surface area (Å²) >= 11 is 0. The van der Waals surface area contributed by atoms with Gasteiger partial charge in [-0.1, -0.05) is 34.6 Å². The second kappa shape index (κ2) is 8.00. The zero-order valence-corrected chi connectivity index (χ0v) is 21.7. The van der Waals surface area contributed by atoms with Crippen molar-refractivity contribution < 1.29 is 10.2 Å². The topological polar surface area (TPSA) is 40.5 Å². The fraction of sp³-hybridized carbons (Fsp3) is 1.00. The minimum Gasteiger partial charge on any atom is -0.390 e. The van der Waals surface area contributed by atoms with Gasteiger partial charge in [0.25, 0.3) is 0 Å². The molecular formula is C29H52O2. The van der Waals surface area contributed by atoms with Gasteiger partial charge >= 0.3 is 0 Å². The second-order valence-electron chi connectivity index (χ2n) is 14.1. The van der Waals surface area contributed by atoms with Crippen molar-refractivity contribution in [2.45, 2.75) is 130 Å². The minimum atomic E-state index is -0.528. The summed E-state index contributed by atoms with van der Waals surface area (Å²) in [7, 11) is 0. The summed E-state index contributed by atoms with van der Waals surface area (Å²) in [6.07, 6.45) is 13.8. The highest BCUT2D eigenvalue weighted by Gasteiger charge is 2.61. The number of aliphatic hydroxyl groups is 2. The van der Waals surface area contributed by atoms with Crippen molar-refractivity contribution in [2.75, 3.05) is 0 Å². The van der Waals surface area contributed by atoms with E-state index in [9.17, 15) is 10.2 Å². The largest absolute Gasteiger partial charge is 0.390 e. The molecule has 31 heavy (non-hydrogen) atoms. The summed E-state index contributed by atoms with van der Waals surface area (Å²) in [4.78, 5) is 0. The third-order valence-corrected chi connectivity index (χ3v) is 12.1. The van der Waals surface area contributed by atoms with Crippen LogP contribution >= 0.6 is 0 Å². The monoisotopic (exact) mass is 432 g/mol. The molecule has 4 aliphatic carbocycles. The third-order valence-electron chi connectivity index (χ3n) is 12.1. The summed E-state index contributed by atoms with van der Waals surface area (Å²) in [5, 5.41) is 21.5. The van der Waals surface area contributed by atoms with E-state index in [1.165, 1.54) is 51.4 Å². The van der Waals surface area contributed by atoms with E-state index in [-0.39, 0.29) is 0 Å². The molecule has 2 heteroatoms. The maximum absolute atomic E-state index is 10.8. The molecule has 0 spiro atoms. The van der Waals surface area contributed by atoms with Crippen LogP contribution in [0.3, 0.4) is 0 Å². The molecule has 0 amide bonds. The Bertz CT molecular complexity index is 651. The van der Waals surface area contributed by atoms with E-state index < -0.39 is 11.2 Å². The van der Waals surface area contributed by atoms with Crippen LogP contribution in [0.4, 0.5) is 0 Å². The fourth-order valence-corrected chi connectivity index (χ4v) is 9.42. The van der Waals surface area contributed by atoms with E-state index in [1.807, 2.05) is 6.92 Å². The number of hydrogen-bond donors (Lipinski definition) is 2. The molecule has 4 saturated carbocycles. The minimum absolute atomic E-state index is 0.328.